The number of aromatic nitrogens is 3. The molecule has 0 aliphatic rings. The van der Waals surface area contributed by atoms with Crippen LogP contribution in [0.2, 0.25) is 0 Å². The molecule has 5 aromatic carbocycles. The molecule has 0 radical (unpaired) electrons. The molecule has 0 amide bonds. The van der Waals surface area contributed by atoms with E-state index < -0.39 is 0 Å². The van der Waals surface area contributed by atoms with Gasteiger partial charge in [0.25, 0.3) is 0 Å². The highest BCUT2D eigenvalue weighted by Gasteiger charge is 2.18. The number of hydrogen-bond acceptors (Lipinski definition) is 3. The molecule has 0 saturated carbocycles. The number of nitrogens with zero attached hydrogens (tertiary/aromatic N) is 3. The van der Waals surface area contributed by atoms with Crippen LogP contribution in [0.1, 0.15) is 0 Å². The first-order valence-electron chi connectivity index (χ1n) is 12.7. The monoisotopic (exact) mass is 503 g/mol. The molecule has 4 heteroatoms. The molecule has 178 valence electrons. The van der Waals surface area contributed by atoms with Crippen LogP contribution >= 0.6 is 11.3 Å². The summed E-state index contributed by atoms with van der Waals surface area (Å²) in [5.74, 6) is 0.940. The van der Waals surface area contributed by atoms with E-state index in [0.717, 1.165) is 39.1 Å². The van der Waals surface area contributed by atoms with Gasteiger partial charge in [-0.15, -0.1) is 11.3 Å². The number of thiophene rings is 1. The van der Waals surface area contributed by atoms with Crippen LogP contribution in [0.15, 0.2) is 127 Å². The van der Waals surface area contributed by atoms with Crippen molar-refractivity contribution in [1.82, 2.24) is 14.5 Å². The van der Waals surface area contributed by atoms with Crippen LogP contribution < -0.4 is 0 Å². The summed E-state index contributed by atoms with van der Waals surface area (Å²) in [6, 6.07) is 44.7. The summed E-state index contributed by atoms with van der Waals surface area (Å²) in [5, 5.41) is 2.38. The highest BCUT2D eigenvalue weighted by atomic mass is 32.1. The molecular formula is C34H21N3S. The van der Waals surface area contributed by atoms with Crippen molar-refractivity contribution in [2.24, 2.45) is 0 Å². The van der Waals surface area contributed by atoms with Crippen molar-refractivity contribution in [2.45, 2.75) is 0 Å². The normalized spacial score (nSPS) is 11.7. The minimum atomic E-state index is 0.940. The van der Waals surface area contributed by atoms with Gasteiger partial charge < -0.3 is 0 Å². The summed E-state index contributed by atoms with van der Waals surface area (Å²) in [5.41, 5.74) is 8.76. The van der Waals surface area contributed by atoms with Crippen LogP contribution in [0.4, 0.5) is 0 Å². The lowest BCUT2D eigenvalue weighted by Crippen LogP contribution is -1.98. The first kappa shape index (κ1) is 21.3. The van der Waals surface area contributed by atoms with Gasteiger partial charge in [0.15, 0.2) is 0 Å². The second kappa shape index (κ2) is 8.37. The van der Waals surface area contributed by atoms with Crippen molar-refractivity contribution in [1.29, 1.82) is 0 Å². The quantitative estimate of drug-likeness (QED) is 0.240. The average Bonchev–Trinajstić information content (AvgIpc) is 3.55. The van der Waals surface area contributed by atoms with Crippen molar-refractivity contribution in [3.8, 4) is 28.2 Å². The van der Waals surface area contributed by atoms with Gasteiger partial charge in [-0.05, 0) is 42.0 Å². The number of fused-ring (bicyclic) bond motifs is 5. The van der Waals surface area contributed by atoms with Gasteiger partial charge in [-0.3, -0.25) is 4.57 Å². The van der Waals surface area contributed by atoms with Gasteiger partial charge in [0.1, 0.15) is 5.82 Å². The fourth-order valence-corrected chi connectivity index (χ4v) is 6.72. The number of hydrogen-bond donors (Lipinski definition) is 0. The Balaban J connectivity index is 1.44. The van der Waals surface area contributed by atoms with Gasteiger partial charge in [-0.2, -0.15) is 0 Å². The molecule has 3 heterocycles. The van der Waals surface area contributed by atoms with Gasteiger partial charge in [0.05, 0.1) is 26.8 Å². The third-order valence-corrected chi connectivity index (χ3v) is 8.37. The van der Waals surface area contributed by atoms with Gasteiger partial charge in [-0.1, -0.05) is 91.0 Å². The number of pyridine rings is 1. The summed E-state index contributed by atoms with van der Waals surface area (Å²) in [6.45, 7) is 0. The third-order valence-electron chi connectivity index (χ3n) is 7.19. The molecule has 0 aliphatic heterocycles. The minimum Gasteiger partial charge on any atom is -0.292 e. The number of benzene rings is 5. The molecule has 8 aromatic rings. The largest absolute Gasteiger partial charge is 0.292 e. The zero-order chi connectivity index (χ0) is 25.1. The Kier molecular flexibility index (Phi) is 4.69. The molecule has 8 rings (SSSR count). The van der Waals surface area contributed by atoms with Gasteiger partial charge in [-0.25, -0.2) is 9.97 Å². The fraction of sp³-hybridized carbons (Fsp3) is 0. The Hall–Kier alpha value is -4.80. The van der Waals surface area contributed by atoms with Crippen LogP contribution in [0.25, 0.3) is 70.4 Å². The zero-order valence-electron chi connectivity index (χ0n) is 20.4. The van der Waals surface area contributed by atoms with E-state index in [1.165, 1.54) is 31.3 Å². The second-order valence-corrected chi connectivity index (χ2v) is 10.5. The van der Waals surface area contributed by atoms with E-state index in [1.54, 1.807) is 0 Å². The van der Waals surface area contributed by atoms with E-state index in [9.17, 15) is 0 Å². The molecule has 3 aromatic heterocycles. The van der Waals surface area contributed by atoms with E-state index in [4.69, 9.17) is 9.97 Å². The second-order valence-electron chi connectivity index (χ2n) is 9.46. The molecule has 0 aliphatic carbocycles. The van der Waals surface area contributed by atoms with Crippen LogP contribution in [0.3, 0.4) is 0 Å². The SMILES string of the molecule is c1ccc(-c2nc3ccccc3n2-c2cccc(-c3c4ccccc4nc4c3sc3ccccc34)c2)cc1. The topological polar surface area (TPSA) is 30.7 Å². The van der Waals surface area contributed by atoms with Gasteiger partial charge in [0.2, 0.25) is 0 Å². The Labute approximate surface area is 223 Å². The standard InChI is InChI=1S/C34H21N3S/c1-2-11-22(12-3-1)34-36-28-18-7-8-19-29(28)37(34)24-14-10-13-23(21-24)31-25-15-4-6-17-27(25)35-32-26-16-5-9-20-30(26)38-33(31)32/h1-21H. The van der Waals surface area contributed by atoms with E-state index in [2.05, 4.69) is 120 Å². The maximum atomic E-state index is 5.11. The number of para-hydroxylation sites is 3. The minimum absolute atomic E-state index is 0.940. The lowest BCUT2D eigenvalue weighted by atomic mass is 9.99. The van der Waals surface area contributed by atoms with Crippen molar-refractivity contribution in [3.05, 3.63) is 127 Å². The van der Waals surface area contributed by atoms with Gasteiger partial charge in [0, 0.05) is 32.3 Å². The highest BCUT2D eigenvalue weighted by molar-refractivity contribution is 7.26. The molecule has 3 nitrogen and oxygen atoms in total. The highest BCUT2D eigenvalue weighted by Crippen LogP contribution is 2.43. The average molecular weight is 504 g/mol. The summed E-state index contributed by atoms with van der Waals surface area (Å²) in [6.07, 6.45) is 0. The maximum absolute atomic E-state index is 5.11. The molecule has 0 saturated heterocycles. The van der Waals surface area contributed by atoms with Crippen molar-refractivity contribution in [3.63, 3.8) is 0 Å². The zero-order valence-corrected chi connectivity index (χ0v) is 21.2. The molecule has 38 heavy (non-hydrogen) atoms. The first-order chi connectivity index (χ1) is 18.8. The van der Waals surface area contributed by atoms with Crippen LogP contribution in [-0.4, -0.2) is 14.5 Å². The number of rotatable bonds is 3. The van der Waals surface area contributed by atoms with Crippen molar-refractivity contribution in [2.75, 3.05) is 0 Å². The van der Waals surface area contributed by atoms with Gasteiger partial charge >= 0.3 is 0 Å². The van der Waals surface area contributed by atoms with Crippen LogP contribution in [0.5, 0.6) is 0 Å². The van der Waals surface area contributed by atoms with E-state index in [0.29, 0.717) is 0 Å². The summed E-state index contributed by atoms with van der Waals surface area (Å²) < 4.78 is 4.76. The first-order valence-corrected chi connectivity index (χ1v) is 13.5. The lowest BCUT2D eigenvalue weighted by molar-refractivity contribution is 1.10. The molecule has 0 fully saturated rings. The summed E-state index contributed by atoms with van der Waals surface area (Å²) >= 11 is 1.82. The molecular weight excluding hydrogens is 482 g/mol. The Bertz CT molecular complexity index is 2140. The fourth-order valence-electron chi connectivity index (χ4n) is 5.49. The smallest absolute Gasteiger partial charge is 0.145 e. The molecule has 0 bridgehead atoms. The van der Waals surface area contributed by atoms with Crippen LogP contribution in [-0.2, 0) is 0 Å². The summed E-state index contributed by atoms with van der Waals surface area (Å²) in [4.78, 5) is 10.2. The molecule has 0 N–H and O–H groups in total. The van der Waals surface area contributed by atoms with E-state index in [-0.39, 0.29) is 0 Å². The molecule has 0 spiro atoms. The van der Waals surface area contributed by atoms with E-state index in [1.807, 2.05) is 23.5 Å². The predicted molar refractivity (Wildman–Crippen MR) is 160 cm³/mol. The molecule has 0 atom stereocenters. The Morgan fingerprint density at radius 3 is 2.16 bits per heavy atom. The van der Waals surface area contributed by atoms with E-state index >= 15 is 0 Å². The number of imidazole rings is 1. The van der Waals surface area contributed by atoms with Crippen LogP contribution in [0, 0.1) is 0 Å². The predicted octanol–water partition coefficient (Wildman–Crippen LogP) is 9.28. The summed E-state index contributed by atoms with van der Waals surface area (Å²) in [7, 11) is 0. The third kappa shape index (κ3) is 3.21. The van der Waals surface area contributed by atoms with Crippen molar-refractivity contribution >= 4 is 53.6 Å². The Morgan fingerprint density at radius 2 is 1.26 bits per heavy atom. The molecule has 0 unspecified atom stereocenters. The Morgan fingerprint density at radius 1 is 0.553 bits per heavy atom. The lowest BCUT2D eigenvalue weighted by Gasteiger charge is -2.13. The maximum Gasteiger partial charge on any atom is 0.145 e. The van der Waals surface area contributed by atoms with Crippen molar-refractivity contribution < 1.29 is 0 Å².